The summed E-state index contributed by atoms with van der Waals surface area (Å²) in [5.74, 6) is 0.315. The van der Waals surface area contributed by atoms with Gasteiger partial charge in [0, 0.05) is 0 Å². The maximum absolute atomic E-state index is 9.19. The van der Waals surface area contributed by atoms with Crippen molar-refractivity contribution in [2.75, 3.05) is 0 Å². The predicted octanol–water partition coefficient (Wildman–Crippen LogP) is 1.85. The number of thiol groups is 1. The summed E-state index contributed by atoms with van der Waals surface area (Å²) < 4.78 is 4.62. The van der Waals surface area contributed by atoms with Gasteiger partial charge in [-0.15, -0.1) is 17.9 Å². The van der Waals surface area contributed by atoms with Gasteiger partial charge in [-0.25, -0.2) is 0 Å². The lowest BCUT2D eigenvalue weighted by molar-refractivity contribution is 0.440. The van der Waals surface area contributed by atoms with Crippen LogP contribution in [0.25, 0.3) is 0 Å². The van der Waals surface area contributed by atoms with Crippen LogP contribution in [0.1, 0.15) is 5.56 Å². The average molecular weight is 181 g/mol. The number of ether oxygens (including phenoxy) is 1. The Morgan fingerprint density at radius 1 is 1.58 bits per heavy atom. The van der Waals surface area contributed by atoms with Gasteiger partial charge in [-0.05, 0) is 18.6 Å². The van der Waals surface area contributed by atoms with Gasteiger partial charge in [0.05, 0.1) is 4.90 Å². The van der Waals surface area contributed by atoms with E-state index >= 15 is 0 Å². The highest BCUT2D eigenvalue weighted by molar-refractivity contribution is 7.80. The second-order valence-electron chi connectivity index (χ2n) is 2.27. The maximum Gasteiger partial charge on any atom is 0.292 e. The molecule has 0 aliphatic carbocycles. The van der Waals surface area contributed by atoms with Crippen molar-refractivity contribution in [2.45, 2.75) is 11.8 Å². The van der Waals surface area contributed by atoms with E-state index in [9.17, 15) is 5.11 Å². The van der Waals surface area contributed by atoms with Crippen LogP contribution >= 0.6 is 12.6 Å². The van der Waals surface area contributed by atoms with E-state index in [2.05, 4.69) is 17.4 Å². The summed E-state index contributed by atoms with van der Waals surface area (Å²) in [6.07, 6.45) is 1.53. The molecule has 0 aliphatic rings. The number of phenolic OH excluding ortho intramolecular Hbond substituents is 1. The molecule has 0 unspecified atom stereocenters. The van der Waals surface area contributed by atoms with Crippen LogP contribution in [0.5, 0.6) is 11.5 Å². The number of aromatic hydroxyl groups is 1. The number of hydrogen-bond donors (Lipinski definition) is 2. The summed E-state index contributed by atoms with van der Waals surface area (Å²) in [4.78, 5) is 0.288. The van der Waals surface area contributed by atoms with Gasteiger partial charge in [-0.2, -0.15) is 0 Å². The van der Waals surface area contributed by atoms with Crippen LogP contribution in [-0.4, -0.2) is 5.11 Å². The zero-order chi connectivity index (χ0) is 9.14. The molecule has 1 aromatic rings. The fraction of sp³-hybridized carbons (Fsp3) is 0.125. The van der Waals surface area contributed by atoms with E-state index in [1.54, 1.807) is 13.0 Å². The SMILES string of the molecule is Cc1ccc(O)c(S)c1OC#N. The Bertz CT molecular complexity index is 344. The van der Waals surface area contributed by atoms with Gasteiger partial charge in [-0.1, -0.05) is 6.07 Å². The van der Waals surface area contributed by atoms with Crippen molar-refractivity contribution >= 4 is 12.6 Å². The Hall–Kier alpha value is -1.34. The number of rotatable bonds is 1. The predicted molar refractivity (Wildman–Crippen MR) is 46.3 cm³/mol. The van der Waals surface area contributed by atoms with Crippen molar-refractivity contribution in [2.24, 2.45) is 0 Å². The van der Waals surface area contributed by atoms with Crippen LogP contribution in [0.2, 0.25) is 0 Å². The number of nitrogens with zero attached hydrogens (tertiary/aromatic N) is 1. The molecule has 0 spiro atoms. The Morgan fingerprint density at radius 2 is 2.25 bits per heavy atom. The first-order valence-corrected chi connectivity index (χ1v) is 3.69. The summed E-state index contributed by atoms with van der Waals surface area (Å²) in [7, 11) is 0. The molecule has 1 N–H and O–H groups in total. The first-order chi connectivity index (χ1) is 5.66. The Morgan fingerprint density at radius 3 is 2.83 bits per heavy atom. The zero-order valence-electron chi connectivity index (χ0n) is 6.40. The average Bonchev–Trinajstić information content (AvgIpc) is 2.06. The molecule has 62 valence electrons. The van der Waals surface area contributed by atoms with Gasteiger partial charge in [0.1, 0.15) is 5.75 Å². The van der Waals surface area contributed by atoms with E-state index in [0.717, 1.165) is 5.56 Å². The molecular formula is C8H7NO2S. The lowest BCUT2D eigenvalue weighted by Crippen LogP contribution is -1.88. The first kappa shape index (κ1) is 8.75. The van der Waals surface area contributed by atoms with Gasteiger partial charge < -0.3 is 9.84 Å². The van der Waals surface area contributed by atoms with Crippen LogP contribution in [0.3, 0.4) is 0 Å². The number of phenols is 1. The zero-order valence-corrected chi connectivity index (χ0v) is 7.30. The maximum atomic E-state index is 9.19. The molecule has 0 aromatic heterocycles. The molecule has 0 radical (unpaired) electrons. The highest BCUT2D eigenvalue weighted by Crippen LogP contribution is 2.33. The number of aryl methyl sites for hydroxylation is 1. The molecule has 0 saturated heterocycles. The van der Waals surface area contributed by atoms with Crippen molar-refractivity contribution in [1.29, 1.82) is 5.26 Å². The molecule has 1 aromatic carbocycles. The Labute approximate surface area is 75.6 Å². The van der Waals surface area contributed by atoms with E-state index in [0.29, 0.717) is 5.75 Å². The molecule has 4 heteroatoms. The normalized spacial score (nSPS) is 9.08. The van der Waals surface area contributed by atoms with Crippen LogP contribution < -0.4 is 4.74 Å². The summed E-state index contributed by atoms with van der Waals surface area (Å²) in [5, 5.41) is 17.5. The standard InChI is InChI=1S/C8H7NO2S/c1-5-2-3-6(10)8(12)7(5)11-4-9/h2-3,10,12H,1H3. The van der Waals surface area contributed by atoms with Crippen LogP contribution in [0.4, 0.5) is 0 Å². The van der Waals surface area contributed by atoms with Gasteiger partial charge in [0.25, 0.3) is 6.26 Å². The van der Waals surface area contributed by atoms with E-state index in [1.165, 1.54) is 12.3 Å². The summed E-state index contributed by atoms with van der Waals surface area (Å²) in [6.45, 7) is 1.77. The molecule has 0 heterocycles. The van der Waals surface area contributed by atoms with Gasteiger partial charge in [0.2, 0.25) is 0 Å². The summed E-state index contributed by atoms with van der Waals surface area (Å²) >= 11 is 3.99. The van der Waals surface area contributed by atoms with Crippen LogP contribution in [-0.2, 0) is 0 Å². The van der Waals surface area contributed by atoms with Gasteiger partial charge in [-0.3, -0.25) is 0 Å². The van der Waals surface area contributed by atoms with Crippen molar-refractivity contribution in [1.82, 2.24) is 0 Å². The van der Waals surface area contributed by atoms with E-state index in [1.807, 2.05) is 0 Å². The number of benzene rings is 1. The third kappa shape index (κ3) is 1.46. The van der Waals surface area contributed by atoms with E-state index in [-0.39, 0.29) is 10.6 Å². The largest absolute Gasteiger partial charge is 0.507 e. The van der Waals surface area contributed by atoms with E-state index < -0.39 is 0 Å². The topological polar surface area (TPSA) is 53.2 Å². The molecular weight excluding hydrogens is 174 g/mol. The second kappa shape index (κ2) is 3.37. The summed E-state index contributed by atoms with van der Waals surface area (Å²) in [6, 6.07) is 3.16. The molecule has 0 aliphatic heterocycles. The lowest BCUT2D eigenvalue weighted by Gasteiger charge is -2.05. The molecule has 3 nitrogen and oxygen atoms in total. The third-order valence-corrected chi connectivity index (χ3v) is 1.89. The minimum Gasteiger partial charge on any atom is -0.507 e. The van der Waals surface area contributed by atoms with Crippen LogP contribution in [0, 0.1) is 18.4 Å². The molecule has 0 fully saturated rings. The fourth-order valence-corrected chi connectivity index (χ4v) is 1.13. The first-order valence-electron chi connectivity index (χ1n) is 3.24. The summed E-state index contributed by atoms with van der Waals surface area (Å²) in [5.41, 5.74) is 0.763. The smallest absolute Gasteiger partial charge is 0.292 e. The molecule has 0 amide bonds. The van der Waals surface area contributed by atoms with Crippen molar-refractivity contribution in [3.63, 3.8) is 0 Å². The molecule has 0 bridgehead atoms. The molecule has 1 rings (SSSR count). The minimum atomic E-state index is 0.00850. The van der Waals surface area contributed by atoms with Crippen molar-refractivity contribution in [3.05, 3.63) is 17.7 Å². The second-order valence-corrected chi connectivity index (χ2v) is 2.72. The molecule has 0 saturated carbocycles. The highest BCUT2D eigenvalue weighted by Gasteiger charge is 2.08. The number of hydrogen-bond acceptors (Lipinski definition) is 4. The Balaban J connectivity index is 3.25. The number of nitriles is 1. The quantitative estimate of drug-likeness (QED) is 0.513. The lowest BCUT2D eigenvalue weighted by atomic mass is 10.2. The third-order valence-electron chi connectivity index (χ3n) is 1.45. The molecule has 0 atom stereocenters. The van der Waals surface area contributed by atoms with Gasteiger partial charge in [0.15, 0.2) is 5.75 Å². The monoisotopic (exact) mass is 181 g/mol. The Kier molecular flexibility index (Phi) is 2.46. The fourth-order valence-electron chi connectivity index (χ4n) is 0.836. The molecule has 12 heavy (non-hydrogen) atoms. The van der Waals surface area contributed by atoms with E-state index in [4.69, 9.17) is 5.26 Å². The van der Waals surface area contributed by atoms with Crippen molar-refractivity contribution in [3.8, 4) is 17.8 Å². The highest BCUT2D eigenvalue weighted by atomic mass is 32.1. The van der Waals surface area contributed by atoms with Crippen LogP contribution in [0.15, 0.2) is 17.0 Å². The minimum absolute atomic E-state index is 0.00850. The van der Waals surface area contributed by atoms with Gasteiger partial charge >= 0.3 is 0 Å². The van der Waals surface area contributed by atoms with Crippen molar-refractivity contribution < 1.29 is 9.84 Å².